The number of likely N-dealkylation sites (tertiary alicyclic amines) is 1. The van der Waals surface area contributed by atoms with Crippen molar-refractivity contribution in [2.24, 2.45) is 7.05 Å². The van der Waals surface area contributed by atoms with E-state index in [1.165, 1.54) is 36.5 Å². The number of hydrogen-bond acceptors (Lipinski definition) is 6. The van der Waals surface area contributed by atoms with E-state index < -0.39 is 21.7 Å². The summed E-state index contributed by atoms with van der Waals surface area (Å²) in [6.07, 6.45) is 4.04. The Morgan fingerprint density at radius 2 is 1.89 bits per heavy atom. The molecule has 0 bridgehead atoms. The summed E-state index contributed by atoms with van der Waals surface area (Å²) in [6, 6.07) is 7.61. The second-order valence-corrected chi connectivity index (χ2v) is 11.3. The lowest BCUT2D eigenvalue weighted by atomic mass is 10.1. The first kappa shape index (κ1) is 25.9. The summed E-state index contributed by atoms with van der Waals surface area (Å²) in [7, 11) is -1.84. The molecule has 1 amide bonds. The third-order valence-electron chi connectivity index (χ3n) is 5.69. The van der Waals surface area contributed by atoms with Crippen molar-refractivity contribution in [3.63, 3.8) is 0 Å². The molecule has 36 heavy (non-hydrogen) atoms. The van der Waals surface area contributed by atoms with E-state index in [4.69, 9.17) is 16.3 Å². The number of hydrogen-bond donors (Lipinski definition) is 2. The fourth-order valence-electron chi connectivity index (χ4n) is 3.89. The topological polar surface area (TPSA) is 106 Å². The lowest BCUT2D eigenvalue weighted by Crippen LogP contribution is -2.56. The van der Waals surface area contributed by atoms with E-state index >= 15 is 0 Å². The molecule has 9 nitrogen and oxygen atoms in total. The molecule has 2 aromatic heterocycles. The van der Waals surface area contributed by atoms with Crippen molar-refractivity contribution >= 4 is 38.9 Å². The van der Waals surface area contributed by atoms with E-state index in [0.717, 1.165) is 19.3 Å². The van der Waals surface area contributed by atoms with Crippen molar-refractivity contribution in [1.29, 1.82) is 0 Å². The van der Waals surface area contributed by atoms with Crippen LogP contribution in [0.1, 0.15) is 24.2 Å². The van der Waals surface area contributed by atoms with Gasteiger partial charge in [-0.3, -0.25) is 14.4 Å². The number of amides is 1. The summed E-state index contributed by atoms with van der Waals surface area (Å²) in [5, 5.41) is 2.91. The molecule has 0 aliphatic carbocycles. The van der Waals surface area contributed by atoms with Gasteiger partial charge < -0.3 is 14.6 Å². The number of aryl methyl sites for hydroxylation is 1. The van der Waals surface area contributed by atoms with Gasteiger partial charge in [0.1, 0.15) is 17.5 Å². The van der Waals surface area contributed by atoms with Crippen LogP contribution < -0.4 is 14.8 Å². The Balaban J connectivity index is 1.48. The number of carbonyl (C=O) groups is 1. The number of anilines is 2. The maximum absolute atomic E-state index is 14.9. The van der Waals surface area contributed by atoms with Crippen LogP contribution in [0.4, 0.5) is 15.8 Å². The Morgan fingerprint density at radius 3 is 2.53 bits per heavy atom. The average molecular weight is 536 g/mol. The number of ether oxygens (including phenoxy) is 1. The number of aromatic nitrogens is 2. The number of halogens is 2. The molecule has 3 heterocycles. The van der Waals surface area contributed by atoms with Crippen molar-refractivity contribution in [2.45, 2.75) is 26.0 Å². The fourth-order valence-corrected chi connectivity index (χ4v) is 4.67. The number of nitrogens with one attached hydrogen (secondary N) is 2. The van der Waals surface area contributed by atoms with Gasteiger partial charge in [-0.15, -0.1) is 0 Å². The second-order valence-electron chi connectivity index (χ2n) is 9.07. The molecule has 0 spiro atoms. The molecule has 4 rings (SSSR count). The number of nitrogens with zero attached hydrogens (tertiary/aromatic N) is 3. The molecular formula is C24H27ClFN5O4S. The van der Waals surface area contributed by atoms with E-state index in [1.807, 2.05) is 0 Å². The van der Waals surface area contributed by atoms with Crippen LogP contribution in [-0.2, 0) is 17.1 Å². The van der Waals surface area contributed by atoms with E-state index in [0.29, 0.717) is 23.2 Å². The Labute approximate surface area is 214 Å². The molecule has 1 aliphatic rings. The van der Waals surface area contributed by atoms with Gasteiger partial charge in [-0.05, 0) is 38.1 Å². The minimum Gasteiger partial charge on any atom is -0.486 e. The first-order valence-electron chi connectivity index (χ1n) is 11.2. The fraction of sp³-hybridized carbons (Fsp3) is 0.333. The van der Waals surface area contributed by atoms with Gasteiger partial charge in [-0.2, -0.15) is 0 Å². The third-order valence-corrected chi connectivity index (χ3v) is 6.52. The Hall–Kier alpha value is -3.15. The zero-order valence-corrected chi connectivity index (χ0v) is 21.8. The predicted molar refractivity (Wildman–Crippen MR) is 138 cm³/mol. The summed E-state index contributed by atoms with van der Waals surface area (Å²) in [6.45, 7) is 5.80. The molecule has 0 unspecified atom stereocenters. The molecule has 1 fully saturated rings. The highest BCUT2D eigenvalue weighted by atomic mass is 35.5. The Morgan fingerprint density at radius 1 is 1.19 bits per heavy atom. The number of benzene rings is 1. The normalized spacial score (nSPS) is 14.5. The first-order chi connectivity index (χ1) is 16.9. The summed E-state index contributed by atoms with van der Waals surface area (Å²) in [5.74, 6) is -0.687. The van der Waals surface area contributed by atoms with Crippen LogP contribution in [0.3, 0.4) is 0 Å². The zero-order chi connectivity index (χ0) is 26.2. The van der Waals surface area contributed by atoms with Crippen molar-refractivity contribution in [3.8, 4) is 17.1 Å². The van der Waals surface area contributed by atoms with Crippen molar-refractivity contribution in [3.05, 3.63) is 59.1 Å². The monoisotopic (exact) mass is 535 g/mol. The molecular weight excluding hydrogens is 509 g/mol. The minimum absolute atomic E-state index is 0.00410. The van der Waals surface area contributed by atoms with Crippen molar-refractivity contribution in [1.82, 2.24) is 14.5 Å². The third kappa shape index (κ3) is 6.15. The highest BCUT2D eigenvalue weighted by Crippen LogP contribution is 2.28. The van der Waals surface area contributed by atoms with E-state index in [2.05, 4.69) is 33.8 Å². The number of carbonyl (C=O) groups excluding carboxylic acids is 1. The predicted octanol–water partition coefficient (Wildman–Crippen LogP) is 3.97. The molecule has 3 aromatic rings. The van der Waals surface area contributed by atoms with E-state index in [1.54, 1.807) is 17.8 Å². The number of pyridine rings is 1. The molecule has 2 N–H and O–H groups in total. The first-order valence-corrected chi connectivity index (χ1v) is 13.5. The van der Waals surface area contributed by atoms with Gasteiger partial charge in [0, 0.05) is 49.2 Å². The molecule has 1 saturated heterocycles. The van der Waals surface area contributed by atoms with Crippen LogP contribution >= 0.6 is 11.6 Å². The van der Waals surface area contributed by atoms with Crippen molar-refractivity contribution < 1.29 is 22.3 Å². The Kier molecular flexibility index (Phi) is 7.26. The largest absolute Gasteiger partial charge is 0.486 e. The highest BCUT2D eigenvalue weighted by Gasteiger charge is 2.30. The maximum atomic E-state index is 14.9. The maximum Gasteiger partial charge on any atom is 0.257 e. The molecule has 192 valence electrons. The van der Waals surface area contributed by atoms with Crippen molar-refractivity contribution in [2.75, 3.05) is 29.4 Å². The molecule has 0 atom stereocenters. The van der Waals surface area contributed by atoms with Crippen LogP contribution in [0.25, 0.3) is 11.4 Å². The number of rotatable bonds is 8. The quantitative estimate of drug-likeness (QED) is 0.452. The zero-order valence-electron chi connectivity index (χ0n) is 20.2. The van der Waals surface area contributed by atoms with Crippen LogP contribution in [0.5, 0.6) is 5.75 Å². The molecule has 1 aliphatic heterocycles. The van der Waals surface area contributed by atoms with Gasteiger partial charge in [0.05, 0.1) is 29.4 Å². The van der Waals surface area contributed by atoms with Gasteiger partial charge in [0.15, 0.2) is 5.82 Å². The number of sulfonamides is 1. The summed E-state index contributed by atoms with van der Waals surface area (Å²) in [5.41, 5.74) is 1.26. The minimum atomic E-state index is -3.52. The summed E-state index contributed by atoms with van der Waals surface area (Å²) in [4.78, 5) is 19.3. The van der Waals surface area contributed by atoms with Gasteiger partial charge in [0.2, 0.25) is 10.0 Å². The van der Waals surface area contributed by atoms with Crippen LogP contribution in [0, 0.1) is 5.82 Å². The lowest BCUT2D eigenvalue weighted by Gasteiger charge is -2.41. The van der Waals surface area contributed by atoms with Gasteiger partial charge in [-0.25, -0.2) is 17.8 Å². The molecule has 1 aromatic carbocycles. The van der Waals surface area contributed by atoms with E-state index in [9.17, 15) is 17.6 Å². The average Bonchev–Trinajstić information content (AvgIpc) is 3.10. The summed E-state index contributed by atoms with van der Waals surface area (Å²) < 4.78 is 47.7. The Bertz CT molecular complexity index is 1400. The van der Waals surface area contributed by atoms with Gasteiger partial charge in [-0.1, -0.05) is 11.6 Å². The van der Waals surface area contributed by atoms with Crippen LogP contribution in [0.15, 0.2) is 42.7 Å². The van der Waals surface area contributed by atoms with Crippen LogP contribution in [0.2, 0.25) is 5.02 Å². The second kappa shape index (κ2) is 10.1. The van der Waals surface area contributed by atoms with E-state index in [-0.39, 0.29) is 28.1 Å². The smallest absolute Gasteiger partial charge is 0.257 e. The van der Waals surface area contributed by atoms with Gasteiger partial charge in [0.25, 0.3) is 5.91 Å². The van der Waals surface area contributed by atoms with Crippen LogP contribution in [-0.4, -0.2) is 60.3 Å². The summed E-state index contributed by atoms with van der Waals surface area (Å²) >= 11 is 6.06. The SMILES string of the molecule is CC(C)N1CC(Oc2cnc(-c3cc(C(=O)Nc4cc(Cl)cc(NS(C)(=O)=O)c4)cn3C)c(F)c2)C1. The molecule has 0 saturated carbocycles. The lowest BCUT2D eigenvalue weighted by molar-refractivity contribution is -0.000177. The highest BCUT2D eigenvalue weighted by molar-refractivity contribution is 7.92. The molecule has 12 heteroatoms. The molecule has 0 radical (unpaired) electrons. The standard InChI is InChI=1S/C24H27ClFN5O4S/c1-14(2)31-12-20(13-31)35-19-9-21(26)23(27-10-19)22-5-15(11-30(22)3)24(32)28-17-6-16(25)7-18(8-17)29-36(4,33)34/h5-11,14,20,29H,12-13H2,1-4H3,(H,28,32). The van der Waals surface area contributed by atoms with Gasteiger partial charge >= 0.3 is 0 Å².